The average Bonchev–Trinajstić information content (AvgIpc) is 1.81. The molecule has 1 aliphatic rings. The molecule has 6 heteroatoms. The number of nitrogens with zero attached hydrogens (tertiary/aromatic N) is 3. The molecule has 0 aromatic carbocycles. The van der Waals surface area contributed by atoms with E-state index in [9.17, 15) is 0 Å². The van der Waals surface area contributed by atoms with E-state index in [0.717, 1.165) is 0 Å². The zero-order chi connectivity index (χ0) is 8.65. The summed E-state index contributed by atoms with van der Waals surface area (Å²) in [5, 5.41) is 0. The highest BCUT2D eigenvalue weighted by Gasteiger charge is 2.27. The monoisotopic (exact) mass is 191 g/mol. The van der Waals surface area contributed by atoms with Crippen LogP contribution in [0.1, 0.15) is 13.8 Å². The summed E-state index contributed by atoms with van der Waals surface area (Å²) >= 11 is 0. The zero-order valence-electron chi connectivity index (χ0n) is 7.40. The van der Waals surface area contributed by atoms with Crippen LogP contribution in [0.25, 0.3) is 0 Å². The molecule has 0 bridgehead atoms. The van der Waals surface area contributed by atoms with Crippen molar-refractivity contribution in [2.75, 3.05) is 7.05 Å². The van der Waals surface area contributed by atoms with E-state index in [-0.39, 0.29) is 24.0 Å². The number of hydrogen-bond acceptors (Lipinski definition) is 5. The molecule has 0 unspecified atom stereocenters. The molecule has 0 saturated carbocycles. The quantitative estimate of drug-likeness (QED) is 0.553. The van der Waals surface area contributed by atoms with E-state index in [1.165, 1.54) is 0 Å². The molecule has 0 atom stereocenters. The number of aliphatic imine (C=N–C) groups is 2. The Kier molecular flexibility index (Phi) is 2.93. The summed E-state index contributed by atoms with van der Waals surface area (Å²) in [6.45, 7) is 3.84. The summed E-state index contributed by atoms with van der Waals surface area (Å²) < 4.78 is 0. The predicted molar refractivity (Wildman–Crippen MR) is 52.3 cm³/mol. The Hall–Kier alpha value is -0.970. The predicted octanol–water partition coefficient (Wildman–Crippen LogP) is -0.281. The summed E-state index contributed by atoms with van der Waals surface area (Å²) in [5.41, 5.74) is 10.6. The van der Waals surface area contributed by atoms with Crippen molar-refractivity contribution in [3.63, 3.8) is 0 Å². The SMILES string of the molecule is CN1C(N)=NC(N)=NC1(C)C.Cl. The summed E-state index contributed by atoms with van der Waals surface area (Å²) in [6.07, 6.45) is 0. The van der Waals surface area contributed by atoms with Crippen molar-refractivity contribution in [3.8, 4) is 0 Å². The van der Waals surface area contributed by atoms with Crippen molar-refractivity contribution in [2.45, 2.75) is 19.5 Å². The van der Waals surface area contributed by atoms with Crippen LogP contribution in [0, 0.1) is 0 Å². The van der Waals surface area contributed by atoms with Gasteiger partial charge in [-0.3, -0.25) is 0 Å². The molecule has 1 heterocycles. The van der Waals surface area contributed by atoms with Crippen LogP contribution in [0.2, 0.25) is 0 Å². The van der Waals surface area contributed by atoms with Gasteiger partial charge in [0, 0.05) is 7.05 Å². The van der Waals surface area contributed by atoms with Gasteiger partial charge in [0.05, 0.1) is 0 Å². The second-order valence-electron chi connectivity index (χ2n) is 2.99. The molecular weight excluding hydrogens is 178 g/mol. The fourth-order valence-electron chi connectivity index (χ4n) is 0.853. The van der Waals surface area contributed by atoms with Crippen molar-refractivity contribution in [3.05, 3.63) is 0 Å². The first kappa shape index (κ1) is 11.0. The third-order valence-corrected chi connectivity index (χ3v) is 1.78. The molecule has 70 valence electrons. The maximum absolute atomic E-state index is 5.56. The van der Waals surface area contributed by atoms with Gasteiger partial charge in [0.1, 0.15) is 5.66 Å². The second-order valence-corrected chi connectivity index (χ2v) is 2.99. The molecule has 0 aromatic heterocycles. The van der Waals surface area contributed by atoms with Crippen LogP contribution in [0.15, 0.2) is 9.98 Å². The van der Waals surface area contributed by atoms with Crippen molar-refractivity contribution >= 4 is 24.3 Å². The number of halogens is 1. The van der Waals surface area contributed by atoms with E-state index in [1.807, 2.05) is 20.9 Å². The summed E-state index contributed by atoms with van der Waals surface area (Å²) in [4.78, 5) is 9.67. The lowest BCUT2D eigenvalue weighted by Gasteiger charge is -2.35. The van der Waals surface area contributed by atoms with Crippen molar-refractivity contribution in [1.82, 2.24) is 4.90 Å². The Labute approximate surface area is 77.9 Å². The molecule has 0 saturated heterocycles. The van der Waals surface area contributed by atoms with E-state index in [4.69, 9.17) is 11.5 Å². The maximum atomic E-state index is 5.56. The molecule has 0 spiro atoms. The lowest BCUT2D eigenvalue weighted by molar-refractivity contribution is 0.259. The van der Waals surface area contributed by atoms with E-state index < -0.39 is 0 Å². The normalized spacial score (nSPS) is 20.8. The number of guanidine groups is 2. The Balaban J connectivity index is 0.00000121. The summed E-state index contributed by atoms with van der Waals surface area (Å²) in [6, 6.07) is 0. The van der Waals surface area contributed by atoms with Crippen molar-refractivity contribution in [2.24, 2.45) is 21.5 Å². The van der Waals surface area contributed by atoms with Gasteiger partial charge in [-0.1, -0.05) is 0 Å². The van der Waals surface area contributed by atoms with Crippen LogP contribution in [0.4, 0.5) is 0 Å². The number of nitrogens with two attached hydrogens (primary N) is 2. The van der Waals surface area contributed by atoms with Gasteiger partial charge in [-0.25, -0.2) is 4.99 Å². The maximum Gasteiger partial charge on any atom is 0.220 e. The van der Waals surface area contributed by atoms with E-state index >= 15 is 0 Å². The highest BCUT2D eigenvalue weighted by atomic mass is 35.5. The molecule has 1 aliphatic heterocycles. The van der Waals surface area contributed by atoms with Gasteiger partial charge in [-0.05, 0) is 13.8 Å². The van der Waals surface area contributed by atoms with Crippen molar-refractivity contribution in [1.29, 1.82) is 0 Å². The van der Waals surface area contributed by atoms with Gasteiger partial charge in [0.25, 0.3) is 0 Å². The fourth-order valence-corrected chi connectivity index (χ4v) is 0.853. The van der Waals surface area contributed by atoms with E-state index in [1.54, 1.807) is 4.90 Å². The molecule has 12 heavy (non-hydrogen) atoms. The zero-order valence-corrected chi connectivity index (χ0v) is 8.22. The minimum Gasteiger partial charge on any atom is -0.369 e. The first-order chi connectivity index (χ1) is 4.93. The van der Waals surface area contributed by atoms with Gasteiger partial charge in [0.2, 0.25) is 11.9 Å². The fraction of sp³-hybridized carbons (Fsp3) is 0.667. The third-order valence-electron chi connectivity index (χ3n) is 1.78. The first-order valence-corrected chi connectivity index (χ1v) is 3.37. The molecule has 1 rings (SSSR count). The second kappa shape index (κ2) is 3.18. The molecule has 0 aliphatic carbocycles. The Morgan fingerprint density at radius 2 is 1.83 bits per heavy atom. The molecule has 0 fully saturated rings. The van der Waals surface area contributed by atoms with E-state index in [0.29, 0.717) is 5.96 Å². The molecule has 4 N–H and O–H groups in total. The van der Waals surface area contributed by atoms with Gasteiger partial charge in [0.15, 0.2) is 0 Å². The first-order valence-electron chi connectivity index (χ1n) is 3.37. The van der Waals surface area contributed by atoms with Gasteiger partial charge in [-0.2, -0.15) is 4.99 Å². The molecule has 0 amide bonds. The highest BCUT2D eigenvalue weighted by Crippen LogP contribution is 2.16. The van der Waals surface area contributed by atoms with Gasteiger partial charge < -0.3 is 16.4 Å². The molecule has 0 radical (unpaired) electrons. The van der Waals surface area contributed by atoms with Crippen LogP contribution in [0.3, 0.4) is 0 Å². The largest absolute Gasteiger partial charge is 0.369 e. The van der Waals surface area contributed by atoms with Crippen LogP contribution in [-0.2, 0) is 0 Å². The Morgan fingerprint density at radius 1 is 1.33 bits per heavy atom. The number of rotatable bonds is 0. The summed E-state index contributed by atoms with van der Waals surface area (Å²) in [5.74, 6) is 0.646. The minimum absolute atomic E-state index is 0. The Morgan fingerprint density at radius 3 is 2.25 bits per heavy atom. The van der Waals surface area contributed by atoms with Gasteiger partial charge in [-0.15, -0.1) is 12.4 Å². The van der Waals surface area contributed by atoms with Gasteiger partial charge >= 0.3 is 0 Å². The highest BCUT2D eigenvalue weighted by molar-refractivity contribution is 5.95. The number of hydrogen-bond donors (Lipinski definition) is 2. The smallest absolute Gasteiger partial charge is 0.220 e. The van der Waals surface area contributed by atoms with Crippen molar-refractivity contribution < 1.29 is 0 Å². The summed E-state index contributed by atoms with van der Waals surface area (Å²) in [7, 11) is 1.83. The molecule has 0 aromatic rings. The third kappa shape index (κ3) is 1.79. The molecular formula is C6H14ClN5. The Bertz CT molecular complexity index is 232. The van der Waals surface area contributed by atoms with E-state index in [2.05, 4.69) is 9.98 Å². The lowest BCUT2D eigenvalue weighted by atomic mass is 10.2. The van der Waals surface area contributed by atoms with Crippen LogP contribution >= 0.6 is 12.4 Å². The lowest BCUT2D eigenvalue weighted by Crippen LogP contribution is -2.51. The average molecular weight is 192 g/mol. The van der Waals surface area contributed by atoms with Crippen LogP contribution < -0.4 is 11.5 Å². The molecule has 5 nitrogen and oxygen atoms in total. The van der Waals surface area contributed by atoms with Crippen LogP contribution in [0.5, 0.6) is 0 Å². The topological polar surface area (TPSA) is 80.0 Å². The standard InChI is InChI=1S/C6H13N5.ClH/c1-6(2)10-4(7)9-5(8)11(6)3;/h1-3H3,(H4,7,8,9,10);1H. The van der Waals surface area contributed by atoms with Crippen LogP contribution in [-0.4, -0.2) is 29.5 Å². The minimum atomic E-state index is -0.379.